The number of aliphatic hydroxyl groups is 1. The molecule has 0 aliphatic carbocycles. The molecule has 0 radical (unpaired) electrons. The molecule has 0 saturated carbocycles. The summed E-state index contributed by atoms with van der Waals surface area (Å²) < 4.78 is 10.5. The summed E-state index contributed by atoms with van der Waals surface area (Å²) in [6, 6.07) is 0. The van der Waals surface area contributed by atoms with Crippen LogP contribution in [0.4, 0.5) is 0 Å². The molecule has 1 heterocycles. The number of carboxylic acid groups (broad SMARTS) is 1. The molecular weight excluding hydrogens is 188 g/mol. The number of hydrogen-bond acceptors (Lipinski definition) is 4. The van der Waals surface area contributed by atoms with E-state index in [1.807, 2.05) is 0 Å². The predicted molar refractivity (Wildman–Crippen MR) is 47.7 cm³/mol. The lowest BCUT2D eigenvalue weighted by Gasteiger charge is -2.20. The predicted octanol–water partition coefficient (Wildman–Crippen LogP) is 0.140. The number of carbonyl (C=O) groups is 1. The Hall–Kier alpha value is -0.910. The third kappa shape index (κ3) is 2.31. The van der Waals surface area contributed by atoms with Crippen molar-refractivity contribution in [2.75, 3.05) is 6.61 Å². The van der Waals surface area contributed by atoms with Crippen LogP contribution in [0.3, 0.4) is 0 Å². The van der Waals surface area contributed by atoms with Gasteiger partial charge in [-0.05, 0) is 13.8 Å². The maximum atomic E-state index is 10.5. The average molecular weight is 202 g/mol. The van der Waals surface area contributed by atoms with Crippen LogP contribution in [0, 0.1) is 0 Å². The summed E-state index contributed by atoms with van der Waals surface area (Å²) in [5.41, 5.74) is -0.281. The van der Waals surface area contributed by atoms with Crippen LogP contribution < -0.4 is 0 Å². The molecule has 2 atom stereocenters. The molecule has 0 amide bonds. The number of hydrogen-bond donors (Lipinski definition) is 2. The zero-order valence-corrected chi connectivity index (χ0v) is 8.19. The van der Waals surface area contributed by atoms with Crippen molar-refractivity contribution in [1.82, 2.24) is 0 Å². The Balaban J connectivity index is 2.60. The van der Waals surface area contributed by atoms with Gasteiger partial charge in [0.25, 0.3) is 0 Å². The summed E-state index contributed by atoms with van der Waals surface area (Å²) in [4.78, 5) is 10.5. The third-order valence-corrected chi connectivity index (χ3v) is 2.01. The minimum absolute atomic E-state index is 0.167. The summed E-state index contributed by atoms with van der Waals surface area (Å²) in [6.45, 7) is 6.82. The fourth-order valence-electron chi connectivity index (χ4n) is 1.22. The lowest BCUT2D eigenvalue weighted by Crippen LogP contribution is -2.34. The number of rotatable bonds is 3. The largest absolute Gasteiger partial charge is 0.478 e. The van der Waals surface area contributed by atoms with E-state index in [2.05, 4.69) is 6.58 Å². The lowest BCUT2D eigenvalue weighted by molar-refractivity contribution is -0.151. The number of aliphatic carboxylic acids is 1. The van der Waals surface area contributed by atoms with Crippen molar-refractivity contribution in [3.8, 4) is 0 Å². The zero-order valence-electron chi connectivity index (χ0n) is 8.19. The van der Waals surface area contributed by atoms with Crippen LogP contribution in [0.2, 0.25) is 0 Å². The Morgan fingerprint density at radius 2 is 2.21 bits per heavy atom. The molecule has 2 N–H and O–H groups in total. The lowest BCUT2D eigenvalue weighted by atomic mass is 10.1. The second-order valence-corrected chi connectivity index (χ2v) is 3.64. The summed E-state index contributed by atoms with van der Waals surface area (Å²) in [6.07, 6.45) is -1.89. The molecule has 1 aliphatic rings. The van der Waals surface area contributed by atoms with Crippen molar-refractivity contribution in [2.45, 2.75) is 31.8 Å². The van der Waals surface area contributed by atoms with E-state index in [-0.39, 0.29) is 12.2 Å². The van der Waals surface area contributed by atoms with Gasteiger partial charge >= 0.3 is 5.97 Å². The van der Waals surface area contributed by atoms with Gasteiger partial charge in [-0.15, -0.1) is 0 Å². The van der Waals surface area contributed by atoms with Crippen molar-refractivity contribution in [3.05, 3.63) is 12.2 Å². The molecule has 14 heavy (non-hydrogen) atoms. The van der Waals surface area contributed by atoms with Gasteiger partial charge in [0.05, 0.1) is 12.2 Å². The van der Waals surface area contributed by atoms with Gasteiger partial charge in [-0.25, -0.2) is 4.79 Å². The standard InChI is InChI=1S/C9H14O5/c1-5(8(11)12)7(10)6-4-13-9(2,3)14-6/h6-7,10H,1,4H2,2-3H3,(H,11,12)/t6-,7-/m1/s1. The average Bonchev–Trinajstić information content (AvgIpc) is 2.43. The van der Waals surface area contributed by atoms with E-state index < -0.39 is 24.0 Å². The minimum atomic E-state index is -1.23. The molecule has 0 aromatic heterocycles. The molecule has 0 bridgehead atoms. The number of aliphatic hydroxyl groups excluding tert-OH is 1. The molecule has 80 valence electrons. The van der Waals surface area contributed by atoms with Crippen molar-refractivity contribution in [3.63, 3.8) is 0 Å². The van der Waals surface area contributed by atoms with E-state index in [4.69, 9.17) is 14.6 Å². The maximum absolute atomic E-state index is 10.5. The molecule has 1 fully saturated rings. The SMILES string of the molecule is C=C(C(=O)O)[C@@H](O)[C@H]1COC(C)(C)O1. The Labute approximate surface area is 81.9 Å². The third-order valence-electron chi connectivity index (χ3n) is 2.01. The van der Waals surface area contributed by atoms with Crippen LogP contribution in [0.5, 0.6) is 0 Å². The Morgan fingerprint density at radius 3 is 2.57 bits per heavy atom. The monoisotopic (exact) mass is 202 g/mol. The zero-order chi connectivity index (χ0) is 10.9. The van der Waals surface area contributed by atoms with Gasteiger partial charge in [0, 0.05) is 0 Å². The Kier molecular flexibility index (Phi) is 2.94. The normalized spacial score (nSPS) is 27.2. The van der Waals surface area contributed by atoms with Crippen LogP contribution in [-0.4, -0.2) is 40.8 Å². The summed E-state index contributed by atoms with van der Waals surface area (Å²) in [7, 11) is 0. The topological polar surface area (TPSA) is 76.0 Å². The highest BCUT2D eigenvalue weighted by Gasteiger charge is 2.38. The van der Waals surface area contributed by atoms with Gasteiger partial charge in [0.15, 0.2) is 5.79 Å². The maximum Gasteiger partial charge on any atom is 0.333 e. The first-order valence-electron chi connectivity index (χ1n) is 4.25. The molecule has 1 saturated heterocycles. The van der Waals surface area contributed by atoms with E-state index in [1.54, 1.807) is 13.8 Å². The van der Waals surface area contributed by atoms with Crippen LogP contribution in [-0.2, 0) is 14.3 Å². The van der Waals surface area contributed by atoms with E-state index in [1.165, 1.54) is 0 Å². The van der Waals surface area contributed by atoms with Crippen molar-refractivity contribution >= 4 is 5.97 Å². The van der Waals surface area contributed by atoms with E-state index in [9.17, 15) is 9.90 Å². The molecule has 1 rings (SSSR count). The summed E-state index contributed by atoms with van der Waals surface area (Å²) in [5.74, 6) is -2.00. The highest BCUT2D eigenvalue weighted by Crippen LogP contribution is 2.26. The second kappa shape index (κ2) is 3.68. The molecule has 0 aromatic carbocycles. The van der Waals surface area contributed by atoms with Gasteiger partial charge in [-0.1, -0.05) is 6.58 Å². The van der Waals surface area contributed by atoms with E-state index >= 15 is 0 Å². The van der Waals surface area contributed by atoms with Crippen molar-refractivity contribution in [1.29, 1.82) is 0 Å². The van der Waals surface area contributed by atoms with Gasteiger partial charge in [-0.3, -0.25) is 0 Å². The second-order valence-electron chi connectivity index (χ2n) is 3.64. The van der Waals surface area contributed by atoms with Crippen LogP contribution in [0.25, 0.3) is 0 Å². The first-order chi connectivity index (χ1) is 6.33. The minimum Gasteiger partial charge on any atom is -0.478 e. The molecule has 5 heteroatoms. The van der Waals surface area contributed by atoms with E-state index in [0.717, 1.165) is 0 Å². The summed E-state index contributed by atoms with van der Waals surface area (Å²) in [5, 5.41) is 18.1. The first-order valence-corrected chi connectivity index (χ1v) is 4.25. The highest BCUT2D eigenvalue weighted by molar-refractivity contribution is 5.87. The molecule has 1 aliphatic heterocycles. The van der Waals surface area contributed by atoms with E-state index in [0.29, 0.717) is 0 Å². The van der Waals surface area contributed by atoms with Gasteiger partial charge in [-0.2, -0.15) is 0 Å². The molecule has 5 nitrogen and oxygen atoms in total. The molecule has 0 spiro atoms. The Morgan fingerprint density at radius 1 is 1.64 bits per heavy atom. The van der Waals surface area contributed by atoms with Gasteiger partial charge in [0.1, 0.15) is 12.2 Å². The van der Waals surface area contributed by atoms with Crippen LogP contribution >= 0.6 is 0 Å². The Bertz CT molecular complexity index is 258. The number of ether oxygens (including phenoxy) is 2. The van der Waals surface area contributed by atoms with Crippen LogP contribution in [0.1, 0.15) is 13.8 Å². The fourth-order valence-corrected chi connectivity index (χ4v) is 1.22. The summed E-state index contributed by atoms with van der Waals surface area (Å²) >= 11 is 0. The first kappa shape index (κ1) is 11.2. The highest BCUT2D eigenvalue weighted by atomic mass is 16.7. The smallest absolute Gasteiger partial charge is 0.333 e. The van der Waals surface area contributed by atoms with Crippen molar-refractivity contribution < 1.29 is 24.5 Å². The molecular formula is C9H14O5. The van der Waals surface area contributed by atoms with Crippen molar-refractivity contribution in [2.24, 2.45) is 0 Å². The van der Waals surface area contributed by atoms with Gasteiger partial charge < -0.3 is 19.7 Å². The quantitative estimate of drug-likeness (QED) is 0.636. The van der Waals surface area contributed by atoms with Gasteiger partial charge in [0.2, 0.25) is 0 Å². The molecule has 0 aromatic rings. The molecule has 0 unspecified atom stereocenters. The number of carboxylic acids is 1. The van der Waals surface area contributed by atoms with Crippen LogP contribution in [0.15, 0.2) is 12.2 Å². The fraction of sp³-hybridized carbons (Fsp3) is 0.667.